The van der Waals surface area contributed by atoms with Crippen molar-refractivity contribution < 1.29 is 9.53 Å². The van der Waals surface area contributed by atoms with Gasteiger partial charge in [0.2, 0.25) is 5.91 Å². The minimum Gasteiger partial charge on any atom is -0.492 e. The summed E-state index contributed by atoms with van der Waals surface area (Å²) in [6.45, 7) is 7.74. The summed E-state index contributed by atoms with van der Waals surface area (Å²) in [6.07, 6.45) is 0. The number of carbonyl (C=O) groups excluding carboxylic acids is 1. The van der Waals surface area contributed by atoms with Crippen molar-refractivity contribution in [1.82, 2.24) is 5.32 Å². The van der Waals surface area contributed by atoms with Crippen LogP contribution < -0.4 is 20.7 Å². The number of carbonyl (C=O) groups is 1. The second-order valence-electron chi connectivity index (χ2n) is 5.12. The highest BCUT2D eigenvalue weighted by Gasteiger charge is 2.37. The first kappa shape index (κ1) is 13.5. The zero-order valence-corrected chi connectivity index (χ0v) is 11.7. The van der Waals surface area contributed by atoms with E-state index in [1.807, 2.05) is 39.0 Å². The number of nitrogens with one attached hydrogen (secondary N) is 1. The van der Waals surface area contributed by atoms with Crippen LogP contribution in [-0.2, 0) is 4.79 Å². The lowest BCUT2D eigenvalue weighted by atomic mass is 9.98. The zero-order valence-electron chi connectivity index (χ0n) is 11.7. The molecule has 1 aliphatic rings. The van der Waals surface area contributed by atoms with Crippen LogP contribution in [0.1, 0.15) is 20.8 Å². The number of hydrogen-bond acceptors (Lipinski definition) is 4. The summed E-state index contributed by atoms with van der Waals surface area (Å²) in [6, 6.07) is 5.65. The van der Waals surface area contributed by atoms with Gasteiger partial charge in [-0.1, -0.05) is 0 Å². The van der Waals surface area contributed by atoms with Crippen LogP contribution in [0.3, 0.4) is 0 Å². The molecular weight excluding hydrogens is 242 g/mol. The molecular formula is C14H21N3O2. The summed E-state index contributed by atoms with van der Waals surface area (Å²) in [7, 11) is 0. The Morgan fingerprint density at radius 1 is 1.47 bits per heavy atom. The van der Waals surface area contributed by atoms with Crippen molar-refractivity contribution in [2.24, 2.45) is 0 Å². The van der Waals surface area contributed by atoms with E-state index >= 15 is 0 Å². The first-order valence-corrected chi connectivity index (χ1v) is 6.55. The predicted octanol–water partition coefficient (Wildman–Crippen LogP) is 1.38. The number of hydrogen-bond donors (Lipinski definition) is 2. The minimum atomic E-state index is -0.572. The molecule has 0 atom stereocenters. The molecule has 3 N–H and O–H groups in total. The number of ether oxygens (including phenoxy) is 1. The highest BCUT2D eigenvalue weighted by atomic mass is 16.5. The van der Waals surface area contributed by atoms with Gasteiger partial charge in [-0.25, -0.2) is 0 Å². The largest absolute Gasteiger partial charge is 0.492 e. The molecule has 0 spiro atoms. The summed E-state index contributed by atoms with van der Waals surface area (Å²) in [5.74, 6) is 0.704. The normalized spacial score (nSPS) is 18.1. The van der Waals surface area contributed by atoms with Gasteiger partial charge in [-0.3, -0.25) is 4.79 Å². The van der Waals surface area contributed by atoms with Gasteiger partial charge in [0.05, 0.1) is 12.3 Å². The monoisotopic (exact) mass is 263 g/mol. The van der Waals surface area contributed by atoms with Gasteiger partial charge >= 0.3 is 0 Å². The average Bonchev–Trinajstić information content (AvgIpc) is 2.36. The van der Waals surface area contributed by atoms with E-state index in [4.69, 9.17) is 10.5 Å². The number of nitrogens with two attached hydrogens (primary N) is 1. The van der Waals surface area contributed by atoms with Gasteiger partial charge in [-0.2, -0.15) is 0 Å². The van der Waals surface area contributed by atoms with Gasteiger partial charge in [-0.15, -0.1) is 0 Å². The summed E-state index contributed by atoms with van der Waals surface area (Å²) in [5.41, 5.74) is 6.88. The Kier molecular flexibility index (Phi) is 3.55. The maximum absolute atomic E-state index is 12.0. The van der Waals surface area contributed by atoms with Crippen molar-refractivity contribution in [3.05, 3.63) is 18.2 Å². The molecule has 0 radical (unpaired) electrons. The third-order valence-corrected chi connectivity index (χ3v) is 3.46. The molecule has 1 saturated heterocycles. The van der Waals surface area contributed by atoms with Crippen molar-refractivity contribution in [1.29, 1.82) is 0 Å². The SMILES string of the molecule is CCOc1cc(N2CCNC(=O)C2(C)C)ccc1N. The summed E-state index contributed by atoms with van der Waals surface area (Å²) in [4.78, 5) is 14.0. The first-order chi connectivity index (χ1) is 8.96. The Morgan fingerprint density at radius 2 is 2.21 bits per heavy atom. The second kappa shape index (κ2) is 4.99. The molecule has 1 aromatic rings. The van der Waals surface area contributed by atoms with E-state index in [9.17, 15) is 4.79 Å². The van der Waals surface area contributed by atoms with Crippen molar-refractivity contribution in [3.8, 4) is 5.75 Å². The van der Waals surface area contributed by atoms with E-state index in [1.54, 1.807) is 0 Å². The minimum absolute atomic E-state index is 0.0357. The maximum atomic E-state index is 12.0. The number of nitrogens with zero attached hydrogens (tertiary/aromatic N) is 1. The molecule has 5 heteroatoms. The van der Waals surface area contributed by atoms with Gasteiger partial charge in [0, 0.05) is 24.8 Å². The molecule has 1 amide bonds. The van der Waals surface area contributed by atoms with Gasteiger partial charge < -0.3 is 20.7 Å². The van der Waals surface area contributed by atoms with E-state index in [0.717, 1.165) is 12.2 Å². The predicted molar refractivity (Wildman–Crippen MR) is 76.5 cm³/mol. The molecule has 1 aromatic carbocycles. The number of piperazine rings is 1. The molecule has 1 aliphatic heterocycles. The van der Waals surface area contributed by atoms with Crippen molar-refractivity contribution in [2.75, 3.05) is 30.3 Å². The van der Waals surface area contributed by atoms with Crippen LogP contribution in [0.15, 0.2) is 18.2 Å². The van der Waals surface area contributed by atoms with Crippen LogP contribution in [0.2, 0.25) is 0 Å². The number of anilines is 2. The molecule has 0 saturated carbocycles. The first-order valence-electron chi connectivity index (χ1n) is 6.55. The van der Waals surface area contributed by atoms with E-state index in [1.165, 1.54) is 0 Å². The van der Waals surface area contributed by atoms with Crippen LogP contribution in [0.5, 0.6) is 5.75 Å². The Balaban J connectivity index is 2.35. The quantitative estimate of drug-likeness (QED) is 0.809. The topological polar surface area (TPSA) is 67.6 Å². The van der Waals surface area contributed by atoms with Gasteiger partial charge in [0.1, 0.15) is 11.3 Å². The lowest BCUT2D eigenvalue weighted by molar-refractivity contribution is -0.126. The van der Waals surface area contributed by atoms with Gasteiger partial charge in [-0.05, 0) is 32.9 Å². The third-order valence-electron chi connectivity index (χ3n) is 3.46. The van der Waals surface area contributed by atoms with Crippen LogP contribution in [0.25, 0.3) is 0 Å². The highest BCUT2D eigenvalue weighted by Crippen LogP contribution is 2.32. The number of benzene rings is 1. The van der Waals surface area contributed by atoms with Gasteiger partial charge in [0.15, 0.2) is 0 Å². The lowest BCUT2D eigenvalue weighted by Crippen LogP contribution is -2.62. The Labute approximate surface area is 113 Å². The Morgan fingerprint density at radius 3 is 2.89 bits per heavy atom. The molecule has 5 nitrogen and oxygen atoms in total. The van der Waals surface area contributed by atoms with Crippen molar-refractivity contribution in [2.45, 2.75) is 26.3 Å². The second-order valence-corrected chi connectivity index (χ2v) is 5.12. The fourth-order valence-corrected chi connectivity index (χ4v) is 2.32. The standard InChI is InChI=1S/C14H21N3O2/c1-4-19-12-9-10(5-6-11(12)15)17-8-7-16-13(18)14(17,2)3/h5-6,9H,4,7-8,15H2,1-3H3,(H,16,18). The fraction of sp³-hybridized carbons (Fsp3) is 0.500. The maximum Gasteiger partial charge on any atom is 0.245 e. The molecule has 1 fully saturated rings. The number of nitrogen functional groups attached to an aromatic ring is 1. The summed E-state index contributed by atoms with van der Waals surface area (Å²) in [5, 5.41) is 2.89. The van der Waals surface area contributed by atoms with Crippen LogP contribution in [0.4, 0.5) is 11.4 Å². The molecule has 19 heavy (non-hydrogen) atoms. The van der Waals surface area contributed by atoms with Crippen LogP contribution in [0, 0.1) is 0 Å². The smallest absolute Gasteiger partial charge is 0.245 e. The van der Waals surface area contributed by atoms with Crippen LogP contribution >= 0.6 is 0 Å². The van der Waals surface area contributed by atoms with E-state index < -0.39 is 5.54 Å². The summed E-state index contributed by atoms with van der Waals surface area (Å²) >= 11 is 0. The molecule has 0 bridgehead atoms. The number of rotatable bonds is 3. The molecule has 104 valence electrons. The lowest BCUT2D eigenvalue weighted by Gasteiger charge is -2.43. The molecule has 2 rings (SSSR count). The van der Waals surface area contributed by atoms with E-state index in [0.29, 0.717) is 24.6 Å². The summed E-state index contributed by atoms with van der Waals surface area (Å²) < 4.78 is 5.51. The third kappa shape index (κ3) is 2.45. The molecule has 1 heterocycles. The zero-order chi connectivity index (χ0) is 14.0. The van der Waals surface area contributed by atoms with Crippen molar-refractivity contribution in [3.63, 3.8) is 0 Å². The Hall–Kier alpha value is -1.91. The van der Waals surface area contributed by atoms with E-state index in [-0.39, 0.29) is 5.91 Å². The molecule has 0 unspecified atom stereocenters. The Bertz CT molecular complexity index is 486. The van der Waals surface area contributed by atoms with E-state index in [2.05, 4.69) is 10.2 Å². The number of amides is 1. The van der Waals surface area contributed by atoms with Gasteiger partial charge in [0.25, 0.3) is 0 Å². The fourth-order valence-electron chi connectivity index (χ4n) is 2.32. The average molecular weight is 263 g/mol. The molecule has 0 aromatic heterocycles. The van der Waals surface area contributed by atoms with Crippen LogP contribution in [-0.4, -0.2) is 31.1 Å². The van der Waals surface area contributed by atoms with Crippen molar-refractivity contribution >= 4 is 17.3 Å². The highest BCUT2D eigenvalue weighted by molar-refractivity contribution is 5.90. The molecule has 0 aliphatic carbocycles.